The molecule has 0 atom stereocenters. The van der Waals surface area contributed by atoms with Gasteiger partial charge < -0.3 is 5.32 Å². The van der Waals surface area contributed by atoms with Gasteiger partial charge in [-0.25, -0.2) is 4.79 Å². The Morgan fingerprint density at radius 1 is 1.12 bits per heavy atom. The Bertz CT molecular complexity index is 990. The van der Waals surface area contributed by atoms with E-state index in [2.05, 4.69) is 31.2 Å². The maximum atomic E-state index is 12.3. The van der Waals surface area contributed by atoms with Gasteiger partial charge in [-0.15, -0.1) is 0 Å². The maximum Gasteiger partial charge on any atom is 0.325 e. The molecule has 0 saturated heterocycles. The molecule has 7 heteroatoms. The predicted octanol–water partition coefficient (Wildman–Crippen LogP) is 5.43. The zero-order valence-electron chi connectivity index (χ0n) is 14.7. The van der Waals surface area contributed by atoms with Crippen molar-refractivity contribution in [1.82, 2.24) is 9.36 Å². The second-order valence-corrected chi connectivity index (χ2v) is 8.09. The molecule has 2 amide bonds. The first-order valence-corrected chi connectivity index (χ1v) is 9.58. The molecule has 0 radical (unpaired) electrons. The number of thioether (sulfide) groups is 1. The van der Waals surface area contributed by atoms with Crippen molar-refractivity contribution in [2.75, 3.05) is 10.6 Å². The summed E-state index contributed by atoms with van der Waals surface area (Å²) in [5.74, 6) is 3.11. The number of benzene rings is 2. The summed E-state index contributed by atoms with van der Waals surface area (Å²) in [6.07, 6.45) is 0. The first-order valence-electron chi connectivity index (χ1n) is 7.99. The molecular formula is C19H18N4OS2. The topological polar surface area (TPSA) is 66.9 Å². The second kappa shape index (κ2) is 7.77. The van der Waals surface area contributed by atoms with Crippen LogP contribution in [0.3, 0.4) is 0 Å². The van der Waals surface area contributed by atoms with Gasteiger partial charge >= 0.3 is 6.03 Å². The molecule has 0 aliphatic heterocycles. The predicted molar refractivity (Wildman–Crippen MR) is 110 cm³/mol. The Morgan fingerprint density at radius 3 is 2.69 bits per heavy atom. The van der Waals surface area contributed by atoms with Crippen LogP contribution in [0.1, 0.15) is 20.8 Å². The minimum Gasteiger partial charge on any atom is -0.307 e. The van der Waals surface area contributed by atoms with E-state index >= 15 is 0 Å². The number of carbonyl (C=O) groups is 1. The number of nitrogens with zero attached hydrogens (tertiary/aromatic N) is 2. The molecule has 0 spiro atoms. The van der Waals surface area contributed by atoms with E-state index in [-0.39, 0.29) is 11.4 Å². The van der Waals surface area contributed by atoms with E-state index < -0.39 is 0 Å². The molecule has 2 N–H and O–H groups in total. The second-order valence-electron chi connectivity index (χ2n) is 6.57. The fourth-order valence-electron chi connectivity index (χ4n) is 2.11. The summed E-state index contributed by atoms with van der Waals surface area (Å²) in [5.41, 5.74) is 0.679. The zero-order valence-corrected chi connectivity index (χ0v) is 16.3. The molecule has 0 aliphatic carbocycles. The molecule has 0 unspecified atom stereocenters. The Hall–Kier alpha value is -2.56. The van der Waals surface area contributed by atoms with Crippen LogP contribution < -0.4 is 10.6 Å². The number of rotatable bonds is 3. The normalized spacial score (nSPS) is 10.9. The lowest BCUT2D eigenvalue weighted by Gasteiger charge is -2.08. The summed E-state index contributed by atoms with van der Waals surface area (Å²) >= 11 is 2.38. The van der Waals surface area contributed by atoms with Crippen LogP contribution in [-0.4, -0.2) is 15.4 Å². The number of aromatic nitrogens is 2. The summed E-state index contributed by atoms with van der Waals surface area (Å²) < 4.78 is 4.19. The molecular weight excluding hydrogens is 364 g/mol. The van der Waals surface area contributed by atoms with Gasteiger partial charge in [-0.05, 0) is 37.5 Å². The third-order valence-corrected chi connectivity index (χ3v) is 4.55. The highest BCUT2D eigenvalue weighted by atomic mass is 32.2. The number of amides is 2. The van der Waals surface area contributed by atoms with Crippen molar-refractivity contribution in [3.8, 4) is 11.2 Å². The first-order chi connectivity index (χ1) is 12.4. The van der Waals surface area contributed by atoms with E-state index in [1.54, 1.807) is 0 Å². The number of fused-ring (bicyclic) bond motifs is 1. The number of urea groups is 1. The number of anilines is 2. The number of nitrogens with one attached hydrogen (secondary N) is 2. The van der Waals surface area contributed by atoms with Crippen LogP contribution in [0.4, 0.5) is 15.6 Å². The van der Waals surface area contributed by atoms with Gasteiger partial charge in [0.15, 0.2) is 0 Å². The summed E-state index contributed by atoms with van der Waals surface area (Å²) in [7, 11) is 0. The Labute approximate surface area is 160 Å². The average Bonchev–Trinajstić information content (AvgIpc) is 3.01. The highest BCUT2D eigenvalue weighted by Gasteiger charge is 2.10. The highest BCUT2D eigenvalue weighted by molar-refractivity contribution is 8.03. The molecule has 0 saturated carbocycles. The van der Waals surface area contributed by atoms with Crippen molar-refractivity contribution in [3.05, 3.63) is 42.5 Å². The van der Waals surface area contributed by atoms with Crippen molar-refractivity contribution >= 4 is 50.9 Å². The van der Waals surface area contributed by atoms with Gasteiger partial charge in [-0.3, -0.25) is 5.32 Å². The molecule has 132 valence electrons. The SMILES string of the molecule is CC(C)(C)C#CSc1nsc(NC(=O)Nc2cccc3ccccc23)n1. The van der Waals surface area contributed by atoms with Crippen molar-refractivity contribution in [3.63, 3.8) is 0 Å². The zero-order chi connectivity index (χ0) is 18.6. The molecule has 0 aliphatic rings. The van der Waals surface area contributed by atoms with Crippen molar-refractivity contribution in [2.45, 2.75) is 25.9 Å². The molecule has 1 heterocycles. The van der Waals surface area contributed by atoms with Crippen LogP contribution in [0.2, 0.25) is 0 Å². The average molecular weight is 383 g/mol. The molecule has 3 aromatic rings. The van der Waals surface area contributed by atoms with E-state index in [0.29, 0.717) is 10.3 Å². The monoisotopic (exact) mass is 382 g/mol. The van der Waals surface area contributed by atoms with Crippen LogP contribution in [0, 0.1) is 16.6 Å². The van der Waals surface area contributed by atoms with Crippen LogP contribution >= 0.6 is 23.3 Å². The summed E-state index contributed by atoms with van der Waals surface area (Å²) in [4.78, 5) is 16.5. The number of hydrogen-bond donors (Lipinski definition) is 2. The Morgan fingerprint density at radius 2 is 1.88 bits per heavy atom. The van der Waals surface area contributed by atoms with E-state index in [4.69, 9.17) is 0 Å². The number of carbonyl (C=O) groups excluding carboxylic acids is 1. The molecule has 26 heavy (non-hydrogen) atoms. The largest absolute Gasteiger partial charge is 0.325 e. The third-order valence-electron chi connectivity index (χ3n) is 3.23. The van der Waals surface area contributed by atoms with Gasteiger partial charge in [-0.1, -0.05) is 42.3 Å². The lowest BCUT2D eigenvalue weighted by molar-refractivity contribution is 0.262. The van der Waals surface area contributed by atoms with Crippen LogP contribution in [0.5, 0.6) is 0 Å². The third kappa shape index (κ3) is 4.97. The Kier molecular flexibility index (Phi) is 5.45. The van der Waals surface area contributed by atoms with Crippen molar-refractivity contribution < 1.29 is 4.79 Å². The van der Waals surface area contributed by atoms with Crippen molar-refractivity contribution in [1.29, 1.82) is 0 Å². The first kappa shape index (κ1) is 18.2. The van der Waals surface area contributed by atoms with E-state index in [0.717, 1.165) is 28.0 Å². The smallest absolute Gasteiger partial charge is 0.307 e. The van der Waals surface area contributed by atoms with Crippen molar-refractivity contribution in [2.24, 2.45) is 5.41 Å². The van der Waals surface area contributed by atoms with Crippen LogP contribution in [0.25, 0.3) is 10.8 Å². The van der Waals surface area contributed by atoms with Gasteiger partial charge in [0.1, 0.15) is 0 Å². The quantitative estimate of drug-likeness (QED) is 0.468. The standard InChI is InChI=1S/C19H18N4OS2/c1-19(2,3)11-12-25-18-22-17(26-23-18)21-16(24)20-15-10-6-8-13-7-4-5-9-14(13)15/h4-10H,1-3H3,(H2,20,21,22,23,24). The van der Waals surface area contributed by atoms with Crippen LogP contribution in [0.15, 0.2) is 47.6 Å². The fourth-order valence-corrected chi connectivity index (χ4v) is 3.49. The van der Waals surface area contributed by atoms with E-state index in [1.165, 1.54) is 11.8 Å². The molecule has 2 aromatic carbocycles. The summed E-state index contributed by atoms with van der Waals surface area (Å²) in [6.45, 7) is 6.12. The molecule has 0 fully saturated rings. The Balaban J connectivity index is 1.64. The van der Waals surface area contributed by atoms with Gasteiger partial charge in [0.2, 0.25) is 10.3 Å². The van der Waals surface area contributed by atoms with E-state index in [1.807, 2.05) is 63.2 Å². The molecule has 5 nitrogen and oxygen atoms in total. The minimum absolute atomic E-state index is 0.0670. The lowest BCUT2D eigenvalue weighted by Crippen LogP contribution is -2.19. The van der Waals surface area contributed by atoms with E-state index in [9.17, 15) is 4.79 Å². The summed E-state index contributed by atoms with van der Waals surface area (Å²) in [5, 5.41) is 11.6. The molecule has 0 bridgehead atoms. The lowest BCUT2D eigenvalue weighted by atomic mass is 9.99. The minimum atomic E-state index is -0.352. The highest BCUT2D eigenvalue weighted by Crippen LogP contribution is 2.24. The van der Waals surface area contributed by atoms with Crippen LogP contribution in [-0.2, 0) is 0 Å². The van der Waals surface area contributed by atoms with Gasteiger partial charge in [-0.2, -0.15) is 9.36 Å². The maximum absolute atomic E-state index is 12.3. The number of hydrogen-bond acceptors (Lipinski definition) is 5. The molecule has 1 aromatic heterocycles. The van der Waals surface area contributed by atoms with Gasteiger partial charge in [0.05, 0.1) is 5.69 Å². The van der Waals surface area contributed by atoms with Gasteiger partial charge in [0.25, 0.3) is 0 Å². The molecule has 3 rings (SSSR count). The fraction of sp³-hybridized carbons (Fsp3) is 0.211. The van der Waals surface area contributed by atoms with Gasteiger partial charge in [0, 0.05) is 34.1 Å². The summed E-state index contributed by atoms with van der Waals surface area (Å²) in [6, 6.07) is 13.3.